The molecular weight excluding hydrogens is 450 g/mol. The van der Waals surface area contributed by atoms with Gasteiger partial charge in [-0.2, -0.15) is 5.10 Å². The molecule has 0 spiro atoms. The van der Waals surface area contributed by atoms with Crippen molar-refractivity contribution < 1.29 is 9.59 Å². The predicted molar refractivity (Wildman–Crippen MR) is 146 cm³/mol. The molecular formula is C29H45N5O2. The number of anilines is 1. The Morgan fingerprint density at radius 1 is 1.00 bits per heavy atom. The summed E-state index contributed by atoms with van der Waals surface area (Å²) in [5.74, 6) is 0.608. The first kappa shape index (κ1) is 27.9. The maximum Gasteiger partial charge on any atom is 0.251 e. The van der Waals surface area contributed by atoms with E-state index in [1.165, 1.54) is 19.3 Å². The zero-order valence-corrected chi connectivity index (χ0v) is 23.0. The predicted octanol–water partition coefficient (Wildman–Crippen LogP) is 5.10. The lowest BCUT2D eigenvalue weighted by Gasteiger charge is -2.29. The molecule has 1 aliphatic heterocycles. The maximum atomic E-state index is 13.1. The molecule has 198 valence electrons. The van der Waals surface area contributed by atoms with Crippen LogP contribution >= 0.6 is 0 Å². The Labute approximate surface area is 217 Å². The van der Waals surface area contributed by atoms with Gasteiger partial charge >= 0.3 is 0 Å². The fraction of sp³-hybridized carbons (Fsp3) is 0.621. The van der Waals surface area contributed by atoms with Crippen molar-refractivity contribution in [1.82, 2.24) is 20.0 Å². The van der Waals surface area contributed by atoms with Crippen LogP contribution in [0.2, 0.25) is 0 Å². The van der Waals surface area contributed by atoms with Gasteiger partial charge in [-0.3, -0.25) is 19.2 Å². The standard InChI is InChI=1S/C29H45N5O2/c1-22(2)13-17-32-15-9-7-6-8-10-16-33(25(5)35)28-12-11-26(20-27(28)21-32)29(36)30-14-18-34-24(4)19-23(3)31-34/h11-12,19-20,22H,6-10,13-18,21H2,1-5H3,(H,30,36). The number of benzene rings is 1. The van der Waals surface area contributed by atoms with E-state index in [2.05, 4.69) is 29.2 Å². The first-order valence-corrected chi connectivity index (χ1v) is 13.7. The molecule has 0 saturated heterocycles. The summed E-state index contributed by atoms with van der Waals surface area (Å²) in [6, 6.07) is 7.87. The van der Waals surface area contributed by atoms with Crippen LogP contribution in [-0.4, -0.2) is 52.7 Å². The number of aryl methyl sites for hydroxylation is 2. The van der Waals surface area contributed by atoms with Gasteiger partial charge in [0.2, 0.25) is 5.91 Å². The van der Waals surface area contributed by atoms with Crippen molar-refractivity contribution in [2.24, 2.45) is 5.92 Å². The Kier molecular flexibility index (Phi) is 10.5. The van der Waals surface area contributed by atoms with Gasteiger partial charge in [-0.05, 0) is 81.9 Å². The average Bonchev–Trinajstić information content (AvgIpc) is 3.14. The molecule has 0 radical (unpaired) electrons. The monoisotopic (exact) mass is 495 g/mol. The van der Waals surface area contributed by atoms with E-state index in [9.17, 15) is 9.59 Å². The van der Waals surface area contributed by atoms with Crippen molar-refractivity contribution in [3.8, 4) is 0 Å². The van der Waals surface area contributed by atoms with Gasteiger partial charge in [-0.15, -0.1) is 0 Å². The maximum absolute atomic E-state index is 13.1. The third kappa shape index (κ3) is 8.19. The van der Waals surface area contributed by atoms with Crippen LogP contribution in [0.5, 0.6) is 0 Å². The summed E-state index contributed by atoms with van der Waals surface area (Å²) >= 11 is 0. The second-order valence-electron chi connectivity index (χ2n) is 10.6. The summed E-state index contributed by atoms with van der Waals surface area (Å²) in [7, 11) is 0. The molecule has 0 aliphatic carbocycles. The lowest BCUT2D eigenvalue weighted by Crippen LogP contribution is -2.33. The molecule has 2 heterocycles. The average molecular weight is 496 g/mol. The third-order valence-corrected chi connectivity index (χ3v) is 7.00. The first-order chi connectivity index (χ1) is 17.2. The SMILES string of the molecule is CC(=O)N1CCCCCCCN(CCC(C)C)Cc2cc(C(=O)NCCn3nc(C)cc3C)ccc21. The van der Waals surface area contributed by atoms with Gasteiger partial charge in [0, 0.05) is 43.5 Å². The van der Waals surface area contributed by atoms with Gasteiger partial charge < -0.3 is 10.2 Å². The van der Waals surface area contributed by atoms with Gasteiger partial charge in [0.1, 0.15) is 0 Å². The summed E-state index contributed by atoms with van der Waals surface area (Å²) in [5, 5.41) is 7.52. The number of carbonyl (C=O) groups is 2. The van der Waals surface area contributed by atoms with Gasteiger partial charge in [0.25, 0.3) is 5.91 Å². The lowest BCUT2D eigenvalue weighted by molar-refractivity contribution is -0.116. The molecule has 1 aromatic carbocycles. The van der Waals surface area contributed by atoms with E-state index in [0.29, 0.717) is 24.6 Å². The Balaban J connectivity index is 1.82. The number of fused-ring (bicyclic) bond motifs is 1. The van der Waals surface area contributed by atoms with Crippen LogP contribution in [0, 0.1) is 19.8 Å². The first-order valence-electron chi connectivity index (χ1n) is 13.7. The van der Waals surface area contributed by atoms with Gasteiger partial charge in [-0.25, -0.2) is 0 Å². The Hall–Kier alpha value is -2.67. The van der Waals surface area contributed by atoms with Crippen LogP contribution in [0.3, 0.4) is 0 Å². The molecule has 2 amide bonds. The molecule has 36 heavy (non-hydrogen) atoms. The fourth-order valence-electron chi connectivity index (χ4n) is 4.93. The molecule has 7 nitrogen and oxygen atoms in total. The van der Waals surface area contributed by atoms with E-state index in [1.807, 2.05) is 47.7 Å². The van der Waals surface area contributed by atoms with Crippen molar-refractivity contribution in [3.63, 3.8) is 0 Å². The second-order valence-corrected chi connectivity index (χ2v) is 10.6. The van der Waals surface area contributed by atoms with Crippen LogP contribution in [0.4, 0.5) is 5.69 Å². The summed E-state index contributed by atoms with van der Waals surface area (Å²) in [6.45, 7) is 14.9. The smallest absolute Gasteiger partial charge is 0.251 e. The Bertz CT molecular complexity index is 1010. The molecule has 0 saturated carbocycles. The van der Waals surface area contributed by atoms with E-state index in [4.69, 9.17) is 0 Å². The molecule has 7 heteroatoms. The van der Waals surface area contributed by atoms with Crippen molar-refractivity contribution in [2.75, 3.05) is 31.1 Å². The second kappa shape index (κ2) is 13.6. The highest BCUT2D eigenvalue weighted by Gasteiger charge is 2.20. The lowest BCUT2D eigenvalue weighted by atomic mass is 10.0. The molecule has 3 rings (SSSR count). The quantitative estimate of drug-likeness (QED) is 0.581. The normalized spacial score (nSPS) is 15.8. The number of aromatic nitrogens is 2. The number of carbonyl (C=O) groups excluding carboxylic acids is 2. The number of hydrogen-bond donors (Lipinski definition) is 1. The molecule has 1 N–H and O–H groups in total. The Morgan fingerprint density at radius 2 is 1.72 bits per heavy atom. The highest BCUT2D eigenvalue weighted by Crippen LogP contribution is 2.26. The van der Waals surface area contributed by atoms with E-state index in [1.54, 1.807) is 6.92 Å². The number of rotatable bonds is 7. The molecule has 2 aromatic rings. The molecule has 0 bridgehead atoms. The van der Waals surface area contributed by atoms with E-state index in [0.717, 1.165) is 68.1 Å². The van der Waals surface area contributed by atoms with Crippen LogP contribution in [0.1, 0.15) is 86.6 Å². The molecule has 0 atom stereocenters. The molecule has 0 unspecified atom stereocenters. The fourth-order valence-corrected chi connectivity index (χ4v) is 4.93. The van der Waals surface area contributed by atoms with E-state index >= 15 is 0 Å². The number of hydrogen-bond acceptors (Lipinski definition) is 4. The van der Waals surface area contributed by atoms with Crippen LogP contribution < -0.4 is 10.2 Å². The van der Waals surface area contributed by atoms with Crippen molar-refractivity contribution in [2.45, 2.75) is 86.2 Å². The Morgan fingerprint density at radius 3 is 2.39 bits per heavy atom. The molecule has 1 aromatic heterocycles. The minimum Gasteiger partial charge on any atom is -0.350 e. The van der Waals surface area contributed by atoms with Crippen LogP contribution in [0.15, 0.2) is 24.3 Å². The summed E-state index contributed by atoms with van der Waals surface area (Å²) in [6.07, 6.45) is 6.91. The van der Waals surface area contributed by atoms with E-state index in [-0.39, 0.29) is 11.8 Å². The van der Waals surface area contributed by atoms with Crippen molar-refractivity contribution in [1.29, 1.82) is 0 Å². The van der Waals surface area contributed by atoms with Crippen molar-refractivity contribution >= 4 is 17.5 Å². The number of nitrogens with one attached hydrogen (secondary N) is 1. The van der Waals surface area contributed by atoms with Gasteiger partial charge in [0.15, 0.2) is 0 Å². The highest BCUT2D eigenvalue weighted by atomic mass is 16.2. The van der Waals surface area contributed by atoms with Gasteiger partial charge in [-0.1, -0.05) is 33.1 Å². The number of nitrogens with zero attached hydrogens (tertiary/aromatic N) is 4. The van der Waals surface area contributed by atoms with E-state index < -0.39 is 0 Å². The highest BCUT2D eigenvalue weighted by molar-refractivity contribution is 5.97. The molecule has 0 fully saturated rings. The summed E-state index contributed by atoms with van der Waals surface area (Å²) < 4.78 is 1.92. The van der Waals surface area contributed by atoms with Crippen LogP contribution in [0.25, 0.3) is 0 Å². The minimum atomic E-state index is -0.0893. The van der Waals surface area contributed by atoms with Gasteiger partial charge in [0.05, 0.1) is 12.2 Å². The summed E-state index contributed by atoms with van der Waals surface area (Å²) in [5.41, 5.74) is 4.71. The van der Waals surface area contributed by atoms with Crippen molar-refractivity contribution in [3.05, 3.63) is 46.8 Å². The zero-order valence-electron chi connectivity index (χ0n) is 23.0. The largest absolute Gasteiger partial charge is 0.350 e. The number of amides is 2. The minimum absolute atomic E-state index is 0.0594. The van der Waals surface area contributed by atoms with Crippen LogP contribution in [-0.2, 0) is 17.9 Å². The zero-order chi connectivity index (χ0) is 26.1. The summed E-state index contributed by atoms with van der Waals surface area (Å²) in [4.78, 5) is 30.1. The topological polar surface area (TPSA) is 70.5 Å². The third-order valence-electron chi connectivity index (χ3n) is 7.00. The molecule has 1 aliphatic rings.